The molecule has 0 heterocycles. The molecule has 7 atom stereocenters. The number of phosphoric acid groups is 2. The number of hydrogen-bond acceptors (Lipinski definition) is 15. The Labute approximate surface area is 530 Å². The fourth-order valence-corrected chi connectivity index (χ4v) is 11.7. The van der Waals surface area contributed by atoms with Gasteiger partial charge < -0.3 is 33.8 Å². The van der Waals surface area contributed by atoms with Crippen LogP contribution in [-0.4, -0.2) is 96.7 Å². The van der Waals surface area contributed by atoms with Crippen molar-refractivity contribution in [3.8, 4) is 0 Å². The second-order valence-electron chi connectivity index (χ2n) is 26.0. The lowest BCUT2D eigenvalue weighted by atomic mass is 9.99. The highest BCUT2D eigenvalue weighted by molar-refractivity contribution is 7.47. The Kier molecular flexibility index (Phi) is 56.6. The molecule has 0 radical (unpaired) electrons. The summed E-state index contributed by atoms with van der Waals surface area (Å²) < 4.78 is 68.2. The van der Waals surface area contributed by atoms with E-state index in [0.29, 0.717) is 31.6 Å². The Morgan fingerprint density at radius 1 is 0.322 bits per heavy atom. The van der Waals surface area contributed by atoms with Crippen LogP contribution in [0, 0.1) is 23.7 Å². The molecule has 17 nitrogen and oxygen atoms in total. The Bertz CT molecular complexity index is 1730. The minimum atomic E-state index is -4.95. The quantitative estimate of drug-likeness (QED) is 0.0222. The Morgan fingerprint density at radius 2 is 0.552 bits per heavy atom. The molecule has 516 valence electrons. The van der Waals surface area contributed by atoms with Crippen LogP contribution >= 0.6 is 15.6 Å². The maximum Gasteiger partial charge on any atom is 0.472 e. The highest BCUT2D eigenvalue weighted by Crippen LogP contribution is 2.45. The first-order chi connectivity index (χ1) is 41.7. The summed E-state index contributed by atoms with van der Waals surface area (Å²) in [5.41, 5.74) is 0. The number of aliphatic hydroxyl groups excluding tert-OH is 1. The first kappa shape index (κ1) is 85.1. The smallest absolute Gasteiger partial charge is 0.462 e. The number of carbonyl (C=O) groups is 4. The van der Waals surface area contributed by atoms with Crippen LogP contribution in [-0.2, 0) is 65.4 Å². The lowest BCUT2D eigenvalue weighted by molar-refractivity contribution is -0.161. The molecule has 0 saturated carbocycles. The van der Waals surface area contributed by atoms with Crippen molar-refractivity contribution in [2.75, 3.05) is 39.6 Å². The zero-order valence-electron chi connectivity index (χ0n) is 56.6. The fraction of sp³-hybridized carbons (Fsp3) is 0.941. The molecule has 0 bridgehead atoms. The summed E-state index contributed by atoms with van der Waals surface area (Å²) in [6.07, 6.45) is 39.0. The van der Waals surface area contributed by atoms with Gasteiger partial charge in [0.25, 0.3) is 0 Å². The third kappa shape index (κ3) is 60.1. The van der Waals surface area contributed by atoms with Gasteiger partial charge in [-0.1, -0.05) is 280 Å². The SMILES string of the molecule is CCC(C)CCCCCCCCCCC(=O)O[C@H](COC(=O)CCCCCCCCCCCCCC(C)C)COP(=O)(O)OC[C@@H](O)COP(=O)(O)OC[C@@H](COC(=O)CCCCCCCCC(C)C)OC(=O)CCCCCCCCCCC(C)CC. The molecular weight excluding hydrogens is 1150 g/mol. The lowest BCUT2D eigenvalue weighted by Gasteiger charge is -2.21. The molecule has 0 aliphatic rings. The lowest BCUT2D eigenvalue weighted by Crippen LogP contribution is -2.30. The molecule has 3 N–H and O–H groups in total. The molecule has 0 aromatic rings. The van der Waals surface area contributed by atoms with Gasteiger partial charge in [-0.2, -0.15) is 0 Å². The topological polar surface area (TPSA) is 237 Å². The number of aliphatic hydroxyl groups is 1. The minimum absolute atomic E-state index is 0.103. The van der Waals surface area contributed by atoms with E-state index in [-0.39, 0.29) is 25.7 Å². The Morgan fingerprint density at radius 3 is 0.816 bits per heavy atom. The zero-order chi connectivity index (χ0) is 64.7. The summed E-state index contributed by atoms with van der Waals surface area (Å²) in [4.78, 5) is 72.4. The van der Waals surface area contributed by atoms with Crippen LogP contribution in [0.1, 0.15) is 331 Å². The van der Waals surface area contributed by atoms with E-state index in [1.165, 1.54) is 128 Å². The van der Waals surface area contributed by atoms with Gasteiger partial charge in [-0.05, 0) is 49.4 Å². The third-order valence-electron chi connectivity index (χ3n) is 16.3. The summed E-state index contributed by atoms with van der Waals surface area (Å²) >= 11 is 0. The van der Waals surface area contributed by atoms with E-state index >= 15 is 0 Å². The Hall–Kier alpha value is -1.94. The number of esters is 4. The molecule has 19 heteroatoms. The fourth-order valence-electron chi connectivity index (χ4n) is 10.1. The van der Waals surface area contributed by atoms with Gasteiger partial charge in [-0.15, -0.1) is 0 Å². The van der Waals surface area contributed by atoms with Crippen LogP contribution in [0.5, 0.6) is 0 Å². The average Bonchev–Trinajstić information content (AvgIpc) is 3.68. The molecule has 0 aromatic carbocycles. The first-order valence-electron chi connectivity index (χ1n) is 35.3. The normalized spacial score (nSPS) is 15.0. The maximum atomic E-state index is 13.0. The molecule has 0 aromatic heterocycles. The van der Waals surface area contributed by atoms with Gasteiger partial charge in [0.1, 0.15) is 19.3 Å². The Balaban J connectivity index is 5.26. The van der Waals surface area contributed by atoms with Crippen LogP contribution in [0.25, 0.3) is 0 Å². The van der Waals surface area contributed by atoms with Crippen molar-refractivity contribution < 1.29 is 80.2 Å². The van der Waals surface area contributed by atoms with Crippen molar-refractivity contribution in [1.29, 1.82) is 0 Å². The first-order valence-corrected chi connectivity index (χ1v) is 38.3. The molecule has 0 saturated heterocycles. The average molecular weight is 1280 g/mol. The number of ether oxygens (including phenoxy) is 4. The second-order valence-corrected chi connectivity index (χ2v) is 28.9. The largest absolute Gasteiger partial charge is 0.472 e. The van der Waals surface area contributed by atoms with Crippen molar-refractivity contribution in [2.24, 2.45) is 23.7 Å². The number of phosphoric ester groups is 2. The summed E-state index contributed by atoms with van der Waals surface area (Å²) in [6.45, 7) is 14.0. The summed E-state index contributed by atoms with van der Waals surface area (Å²) in [7, 11) is -9.90. The standard InChI is InChI=1S/C68H132O17P2/c1-9-60(7)46-38-30-21-16-18-24-34-42-50-67(72)84-63(54-78-65(70)48-40-32-23-15-13-11-12-14-20-28-36-44-58(3)4)56-82-86(74,75)80-52-62(69)53-81-87(76,77)83-57-64(55-79-66(71)49-41-33-27-26-29-37-45-59(5)6)85-68(73)51-43-35-25-19-17-22-31-39-47-61(8)10-2/h58-64,69H,9-57H2,1-8H3,(H,74,75)(H,76,77)/t60?,61?,62-,63-,64-/m1/s1. The summed E-state index contributed by atoms with van der Waals surface area (Å²) in [5.74, 6) is 0.854. The maximum absolute atomic E-state index is 13.0. The third-order valence-corrected chi connectivity index (χ3v) is 18.2. The van der Waals surface area contributed by atoms with Crippen molar-refractivity contribution in [3.05, 3.63) is 0 Å². The molecule has 0 fully saturated rings. The van der Waals surface area contributed by atoms with E-state index in [9.17, 15) is 43.2 Å². The molecule has 0 aliphatic carbocycles. The number of rotatable bonds is 65. The second kappa shape index (κ2) is 57.9. The van der Waals surface area contributed by atoms with Gasteiger partial charge in [0, 0.05) is 25.7 Å². The van der Waals surface area contributed by atoms with E-state index < -0.39 is 97.5 Å². The van der Waals surface area contributed by atoms with Gasteiger partial charge >= 0.3 is 39.5 Å². The molecule has 0 amide bonds. The number of carbonyl (C=O) groups excluding carboxylic acids is 4. The van der Waals surface area contributed by atoms with Crippen LogP contribution in [0.15, 0.2) is 0 Å². The van der Waals surface area contributed by atoms with Gasteiger partial charge in [-0.25, -0.2) is 9.13 Å². The molecule has 0 rings (SSSR count). The van der Waals surface area contributed by atoms with E-state index in [2.05, 4.69) is 55.4 Å². The van der Waals surface area contributed by atoms with E-state index in [1.807, 2.05) is 0 Å². The molecular formula is C68H132O17P2. The van der Waals surface area contributed by atoms with Crippen LogP contribution in [0.4, 0.5) is 0 Å². The summed E-state index contributed by atoms with van der Waals surface area (Å²) in [6, 6.07) is 0. The number of hydrogen-bond donors (Lipinski definition) is 3. The predicted octanol–water partition coefficient (Wildman–Crippen LogP) is 18.9. The monoisotopic (exact) mass is 1280 g/mol. The van der Waals surface area contributed by atoms with Gasteiger partial charge in [0.15, 0.2) is 12.2 Å². The van der Waals surface area contributed by atoms with E-state index in [0.717, 1.165) is 114 Å². The van der Waals surface area contributed by atoms with E-state index in [4.69, 9.17) is 37.0 Å². The zero-order valence-corrected chi connectivity index (χ0v) is 58.4. The van der Waals surface area contributed by atoms with Crippen LogP contribution in [0.3, 0.4) is 0 Å². The predicted molar refractivity (Wildman–Crippen MR) is 349 cm³/mol. The van der Waals surface area contributed by atoms with Crippen molar-refractivity contribution in [1.82, 2.24) is 0 Å². The van der Waals surface area contributed by atoms with Gasteiger partial charge in [0.2, 0.25) is 0 Å². The highest BCUT2D eigenvalue weighted by atomic mass is 31.2. The van der Waals surface area contributed by atoms with Crippen LogP contribution in [0.2, 0.25) is 0 Å². The minimum Gasteiger partial charge on any atom is -0.462 e. The molecule has 0 spiro atoms. The molecule has 4 unspecified atom stereocenters. The molecule has 0 aliphatic heterocycles. The van der Waals surface area contributed by atoms with Crippen LogP contribution < -0.4 is 0 Å². The van der Waals surface area contributed by atoms with Gasteiger partial charge in [-0.3, -0.25) is 37.3 Å². The van der Waals surface area contributed by atoms with Crippen molar-refractivity contribution in [3.63, 3.8) is 0 Å². The highest BCUT2D eigenvalue weighted by Gasteiger charge is 2.30. The molecule has 87 heavy (non-hydrogen) atoms. The van der Waals surface area contributed by atoms with Crippen molar-refractivity contribution in [2.45, 2.75) is 350 Å². The van der Waals surface area contributed by atoms with Crippen molar-refractivity contribution >= 4 is 39.5 Å². The van der Waals surface area contributed by atoms with E-state index in [1.54, 1.807) is 0 Å². The van der Waals surface area contributed by atoms with Gasteiger partial charge in [0.05, 0.1) is 26.4 Å². The number of unbranched alkanes of at least 4 members (excludes halogenated alkanes) is 29. The summed E-state index contributed by atoms with van der Waals surface area (Å²) in [5, 5.41) is 10.6.